The summed E-state index contributed by atoms with van der Waals surface area (Å²) in [6.07, 6.45) is 1.90. The first-order valence-corrected chi connectivity index (χ1v) is 14.0. The zero-order valence-corrected chi connectivity index (χ0v) is 21.8. The molecule has 2 atom stereocenters. The summed E-state index contributed by atoms with van der Waals surface area (Å²) in [5, 5.41) is 12.0. The van der Waals surface area contributed by atoms with Gasteiger partial charge in [0.25, 0.3) is 0 Å². The monoisotopic (exact) mass is 511 g/mol. The first kappa shape index (κ1) is 25.4. The van der Waals surface area contributed by atoms with Crippen LogP contribution in [-0.4, -0.2) is 41.0 Å². The molecule has 1 fully saturated rings. The molecule has 0 aromatic heterocycles. The number of nitrogens with zero attached hydrogens (tertiary/aromatic N) is 1. The predicted molar refractivity (Wildman–Crippen MR) is 151 cm³/mol. The number of aryl methyl sites for hydroxylation is 1. The van der Waals surface area contributed by atoms with Gasteiger partial charge in [-0.2, -0.15) is 0 Å². The summed E-state index contributed by atoms with van der Waals surface area (Å²) in [6.45, 7) is 1.40. The van der Waals surface area contributed by atoms with Crippen molar-refractivity contribution in [3.63, 3.8) is 0 Å². The molecule has 4 aromatic carbocycles. The Hall–Kier alpha value is -3.28. The molecular formula is C32H33NO3S. The van der Waals surface area contributed by atoms with Gasteiger partial charge in [-0.3, -0.25) is 0 Å². The number of likely N-dealkylation sites (tertiary alicyclic amines) is 1. The highest BCUT2D eigenvalue weighted by molar-refractivity contribution is 7.99. The number of hydrogen-bond acceptors (Lipinski definition) is 3. The largest absolute Gasteiger partial charge is 0.465 e. The van der Waals surface area contributed by atoms with Crippen LogP contribution < -0.4 is 0 Å². The second kappa shape index (κ2) is 12.3. The summed E-state index contributed by atoms with van der Waals surface area (Å²) >= 11 is 1.90. The fourth-order valence-electron chi connectivity index (χ4n) is 5.09. The van der Waals surface area contributed by atoms with Gasteiger partial charge in [-0.15, -0.1) is 11.8 Å². The maximum Gasteiger partial charge on any atom is 0.407 e. The molecule has 4 nitrogen and oxygen atoms in total. The molecule has 1 aliphatic rings. The van der Waals surface area contributed by atoms with Crippen molar-refractivity contribution in [2.75, 3.05) is 18.8 Å². The average Bonchev–Trinajstić information content (AvgIpc) is 2.95. The summed E-state index contributed by atoms with van der Waals surface area (Å²) in [7, 11) is 0. The van der Waals surface area contributed by atoms with Gasteiger partial charge in [-0.1, -0.05) is 78.9 Å². The van der Waals surface area contributed by atoms with Gasteiger partial charge in [0.1, 0.15) is 0 Å². The lowest BCUT2D eigenvalue weighted by Gasteiger charge is -2.37. The van der Waals surface area contributed by atoms with E-state index in [2.05, 4.69) is 84.9 Å². The molecule has 0 aliphatic carbocycles. The standard InChI is InChI=1S/C32H33NO3S/c34-32(35)33-19-18-30(31(22-33)36-23-25-14-15-26-8-4-5-9-28(26)21-25)27-16-12-24(13-17-27)7-6-20-37-29-10-2-1-3-11-29/h1-5,8-17,21,30-31H,6-7,18-20,22-23H2,(H,34,35). The van der Waals surface area contributed by atoms with Crippen LogP contribution in [0.1, 0.15) is 35.4 Å². The number of ether oxygens (including phenoxy) is 1. The van der Waals surface area contributed by atoms with Gasteiger partial charge in [0, 0.05) is 17.4 Å². The SMILES string of the molecule is O=C(O)N1CCC(c2ccc(CCCSc3ccccc3)cc2)C(OCc2ccc3ccccc3c2)C1. The maximum absolute atomic E-state index is 11.7. The minimum Gasteiger partial charge on any atom is -0.465 e. The van der Waals surface area contributed by atoms with Crippen molar-refractivity contribution >= 4 is 28.6 Å². The molecule has 5 rings (SSSR count). The van der Waals surface area contributed by atoms with Crippen molar-refractivity contribution in [1.29, 1.82) is 0 Å². The van der Waals surface area contributed by atoms with Crippen LogP contribution in [0.15, 0.2) is 102 Å². The van der Waals surface area contributed by atoms with E-state index in [0.29, 0.717) is 19.7 Å². The number of amides is 1. The highest BCUT2D eigenvalue weighted by Gasteiger charge is 2.33. The summed E-state index contributed by atoms with van der Waals surface area (Å²) in [5.74, 6) is 1.28. The first-order chi connectivity index (χ1) is 18.2. The Bertz CT molecular complexity index is 1310. The number of hydrogen-bond donors (Lipinski definition) is 1. The van der Waals surface area contributed by atoms with E-state index in [1.807, 2.05) is 23.9 Å². The topological polar surface area (TPSA) is 49.8 Å². The molecule has 37 heavy (non-hydrogen) atoms. The molecule has 4 aromatic rings. The van der Waals surface area contributed by atoms with Gasteiger partial charge >= 0.3 is 6.09 Å². The Balaban J connectivity index is 1.21. The molecule has 0 saturated carbocycles. The minimum atomic E-state index is -0.874. The highest BCUT2D eigenvalue weighted by Crippen LogP contribution is 2.32. The lowest BCUT2D eigenvalue weighted by Crippen LogP contribution is -2.46. The number of carboxylic acid groups (broad SMARTS) is 1. The van der Waals surface area contributed by atoms with Crippen LogP contribution in [0.2, 0.25) is 0 Å². The Kier molecular flexibility index (Phi) is 8.44. The molecule has 1 aliphatic heterocycles. The van der Waals surface area contributed by atoms with Crippen LogP contribution in [-0.2, 0) is 17.8 Å². The number of fused-ring (bicyclic) bond motifs is 1. The third-order valence-electron chi connectivity index (χ3n) is 7.14. The van der Waals surface area contributed by atoms with E-state index in [0.717, 1.165) is 30.6 Å². The van der Waals surface area contributed by atoms with E-state index in [-0.39, 0.29) is 12.0 Å². The van der Waals surface area contributed by atoms with Crippen molar-refractivity contribution in [2.24, 2.45) is 0 Å². The van der Waals surface area contributed by atoms with Crippen molar-refractivity contribution in [3.05, 3.63) is 114 Å². The van der Waals surface area contributed by atoms with Gasteiger partial charge < -0.3 is 14.7 Å². The number of benzene rings is 4. The molecule has 0 radical (unpaired) electrons. The van der Waals surface area contributed by atoms with Crippen LogP contribution in [0.5, 0.6) is 0 Å². The quantitative estimate of drug-likeness (QED) is 0.185. The Morgan fingerprint density at radius 3 is 2.41 bits per heavy atom. The molecule has 1 N–H and O–H groups in total. The third kappa shape index (κ3) is 6.73. The second-order valence-corrected chi connectivity index (χ2v) is 10.8. The first-order valence-electron chi connectivity index (χ1n) is 13.0. The molecule has 190 valence electrons. The fraction of sp³-hybridized carbons (Fsp3) is 0.281. The van der Waals surface area contributed by atoms with Crippen molar-refractivity contribution in [2.45, 2.75) is 42.8 Å². The third-order valence-corrected chi connectivity index (χ3v) is 8.24. The molecule has 1 heterocycles. The lowest BCUT2D eigenvalue weighted by atomic mass is 9.86. The molecular weight excluding hydrogens is 478 g/mol. The minimum absolute atomic E-state index is 0.176. The van der Waals surface area contributed by atoms with E-state index in [1.54, 1.807) is 0 Å². The van der Waals surface area contributed by atoms with E-state index in [9.17, 15) is 9.90 Å². The molecule has 5 heteroatoms. The Morgan fingerprint density at radius 2 is 1.62 bits per heavy atom. The van der Waals surface area contributed by atoms with Gasteiger partial charge in [0.05, 0.1) is 19.3 Å². The predicted octanol–water partition coefficient (Wildman–Crippen LogP) is 7.62. The van der Waals surface area contributed by atoms with Crippen LogP contribution in [0.4, 0.5) is 4.79 Å². The van der Waals surface area contributed by atoms with Crippen LogP contribution in [0, 0.1) is 0 Å². The Morgan fingerprint density at radius 1 is 0.892 bits per heavy atom. The smallest absolute Gasteiger partial charge is 0.407 e. The fourth-order valence-corrected chi connectivity index (χ4v) is 5.96. The number of carbonyl (C=O) groups is 1. The van der Waals surface area contributed by atoms with Crippen LogP contribution in [0.3, 0.4) is 0 Å². The zero-order chi connectivity index (χ0) is 25.5. The lowest BCUT2D eigenvalue weighted by molar-refractivity contribution is -0.0199. The zero-order valence-electron chi connectivity index (χ0n) is 21.0. The second-order valence-electron chi connectivity index (χ2n) is 9.66. The highest BCUT2D eigenvalue weighted by atomic mass is 32.2. The summed E-state index contributed by atoms with van der Waals surface area (Å²) in [6, 6.07) is 34.1. The van der Waals surface area contributed by atoms with Crippen molar-refractivity contribution in [3.8, 4) is 0 Å². The number of piperidine rings is 1. The van der Waals surface area contributed by atoms with Crippen LogP contribution >= 0.6 is 11.8 Å². The summed E-state index contributed by atoms with van der Waals surface area (Å²) in [5.41, 5.74) is 3.68. The molecule has 0 bridgehead atoms. The van der Waals surface area contributed by atoms with E-state index in [4.69, 9.17) is 4.74 Å². The van der Waals surface area contributed by atoms with E-state index >= 15 is 0 Å². The average molecular weight is 512 g/mol. The molecule has 0 spiro atoms. The normalized spacial score (nSPS) is 17.7. The van der Waals surface area contributed by atoms with Gasteiger partial charge in [-0.25, -0.2) is 4.79 Å². The molecule has 2 unspecified atom stereocenters. The molecule has 1 saturated heterocycles. The van der Waals surface area contributed by atoms with E-state index < -0.39 is 6.09 Å². The van der Waals surface area contributed by atoms with Crippen molar-refractivity contribution in [1.82, 2.24) is 4.90 Å². The van der Waals surface area contributed by atoms with Gasteiger partial charge in [-0.05, 0) is 70.7 Å². The van der Waals surface area contributed by atoms with Gasteiger partial charge in [0.15, 0.2) is 0 Å². The summed E-state index contributed by atoms with van der Waals surface area (Å²) < 4.78 is 6.41. The van der Waals surface area contributed by atoms with E-state index in [1.165, 1.54) is 31.7 Å². The number of thioether (sulfide) groups is 1. The summed E-state index contributed by atoms with van der Waals surface area (Å²) in [4.78, 5) is 14.5. The molecule has 1 amide bonds. The van der Waals surface area contributed by atoms with Crippen molar-refractivity contribution < 1.29 is 14.6 Å². The van der Waals surface area contributed by atoms with Gasteiger partial charge in [0.2, 0.25) is 0 Å². The Labute approximate surface area is 223 Å². The number of rotatable bonds is 9. The maximum atomic E-state index is 11.7. The van der Waals surface area contributed by atoms with Crippen LogP contribution in [0.25, 0.3) is 10.8 Å².